The third kappa shape index (κ3) is 1.20. The highest BCUT2D eigenvalue weighted by Gasteiger charge is 2.05. The Kier molecular flexibility index (Phi) is 1.83. The van der Waals surface area contributed by atoms with Gasteiger partial charge in [-0.25, -0.2) is 10.1 Å². The minimum atomic E-state index is 0.687. The van der Waals surface area contributed by atoms with E-state index in [-0.39, 0.29) is 0 Å². The molecule has 0 aliphatic rings. The van der Waals surface area contributed by atoms with Gasteiger partial charge in [0.1, 0.15) is 0 Å². The zero-order chi connectivity index (χ0) is 8.39. The third-order valence-electron chi connectivity index (χ3n) is 1.43. The highest BCUT2D eigenvalue weighted by molar-refractivity contribution is 7.15. The lowest BCUT2D eigenvalue weighted by Crippen LogP contribution is -1.73. The van der Waals surface area contributed by atoms with Crippen LogP contribution < -0.4 is 0 Å². The number of H-pyrrole nitrogens is 1. The molecule has 0 radical (unpaired) electrons. The van der Waals surface area contributed by atoms with E-state index in [1.807, 2.05) is 0 Å². The first-order chi connectivity index (χ1) is 5.90. The van der Waals surface area contributed by atoms with E-state index in [4.69, 9.17) is 0 Å². The normalized spacial score (nSPS) is 10.4. The molecule has 2 heterocycles. The monoisotopic (exact) mass is 181 g/mol. The average molecular weight is 181 g/mol. The van der Waals surface area contributed by atoms with Crippen molar-refractivity contribution in [2.24, 2.45) is 0 Å². The van der Waals surface area contributed by atoms with E-state index in [9.17, 15) is 0 Å². The van der Waals surface area contributed by atoms with Crippen LogP contribution in [0.15, 0.2) is 6.20 Å². The summed E-state index contributed by atoms with van der Waals surface area (Å²) in [6.45, 7) is 2.07. The van der Waals surface area contributed by atoms with E-state index in [2.05, 4.69) is 32.5 Å². The molecule has 0 saturated heterocycles. The largest absolute Gasteiger partial charge is 0.249 e. The van der Waals surface area contributed by atoms with E-state index in [0.29, 0.717) is 5.82 Å². The van der Waals surface area contributed by atoms with Crippen LogP contribution in [-0.2, 0) is 6.42 Å². The van der Waals surface area contributed by atoms with Crippen LogP contribution in [0, 0.1) is 0 Å². The van der Waals surface area contributed by atoms with E-state index in [0.717, 1.165) is 16.3 Å². The lowest BCUT2D eigenvalue weighted by molar-refractivity contribution is 0.881. The minimum Gasteiger partial charge on any atom is -0.249 e. The molecule has 0 saturated carbocycles. The SMILES string of the molecule is CCc1ncc(-c2nnn[nH]2)s1. The van der Waals surface area contributed by atoms with Crippen molar-refractivity contribution in [1.29, 1.82) is 0 Å². The number of rotatable bonds is 2. The summed E-state index contributed by atoms with van der Waals surface area (Å²) < 4.78 is 0. The van der Waals surface area contributed by atoms with Gasteiger partial charge in [-0.15, -0.1) is 16.4 Å². The summed E-state index contributed by atoms with van der Waals surface area (Å²) in [5.41, 5.74) is 0. The molecule has 0 spiro atoms. The van der Waals surface area contributed by atoms with Crippen molar-refractivity contribution in [3.8, 4) is 10.7 Å². The maximum atomic E-state index is 4.19. The van der Waals surface area contributed by atoms with Crippen LogP contribution in [0.3, 0.4) is 0 Å². The Morgan fingerprint density at radius 3 is 3.08 bits per heavy atom. The molecule has 2 aromatic rings. The molecule has 2 rings (SSSR count). The molecule has 6 heteroatoms. The summed E-state index contributed by atoms with van der Waals surface area (Å²) in [6.07, 6.45) is 2.73. The van der Waals surface area contributed by atoms with Crippen molar-refractivity contribution in [1.82, 2.24) is 25.6 Å². The van der Waals surface area contributed by atoms with E-state index in [1.165, 1.54) is 0 Å². The van der Waals surface area contributed by atoms with Gasteiger partial charge in [0.25, 0.3) is 0 Å². The van der Waals surface area contributed by atoms with Gasteiger partial charge in [-0.3, -0.25) is 0 Å². The molecule has 0 aliphatic carbocycles. The molecule has 62 valence electrons. The number of nitrogens with zero attached hydrogens (tertiary/aromatic N) is 4. The maximum absolute atomic E-state index is 4.19. The summed E-state index contributed by atoms with van der Waals surface area (Å²) >= 11 is 1.61. The van der Waals surface area contributed by atoms with Gasteiger partial charge in [0.15, 0.2) is 5.82 Å². The first kappa shape index (κ1) is 7.35. The van der Waals surface area contributed by atoms with Gasteiger partial charge >= 0.3 is 0 Å². The summed E-state index contributed by atoms with van der Waals surface area (Å²) in [5.74, 6) is 0.687. The second-order valence-corrected chi connectivity index (χ2v) is 3.34. The van der Waals surface area contributed by atoms with Crippen LogP contribution in [-0.4, -0.2) is 25.6 Å². The maximum Gasteiger partial charge on any atom is 0.191 e. The van der Waals surface area contributed by atoms with E-state index in [1.54, 1.807) is 17.5 Å². The van der Waals surface area contributed by atoms with Crippen molar-refractivity contribution in [3.63, 3.8) is 0 Å². The number of tetrazole rings is 1. The second-order valence-electron chi connectivity index (χ2n) is 2.22. The van der Waals surface area contributed by atoms with Gasteiger partial charge < -0.3 is 0 Å². The number of aromatic amines is 1. The molecular weight excluding hydrogens is 174 g/mol. The average Bonchev–Trinajstić information content (AvgIpc) is 2.75. The standard InChI is InChI=1S/C6H7N5S/c1-2-5-7-3-4(12-5)6-8-10-11-9-6/h3H,2H2,1H3,(H,8,9,10,11). The van der Waals surface area contributed by atoms with Crippen LogP contribution >= 0.6 is 11.3 Å². The molecule has 0 unspecified atom stereocenters. The smallest absolute Gasteiger partial charge is 0.191 e. The molecule has 1 N–H and O–H groups in total. The number of aromatic nitrogens is 5. The van der Waals surface area contributed by atoms with Gasteiger partial charge in [-0.1, -0.05) is 6.92 Å². The van der Waals surface area contributed by atoms with Crippen molar-refractivity contribution < 1.29 is 0 Å². The number of thiazole rings is 1. The fourth-order valence-electron chi connectivity index (χ4n) is 0.847. The molecule has 12 heavy (non-hydrogen) atoms. The fourth-order valence-corrected chi connectivity index (χ4v) is 1.64. The summed E-state index contributed by atoms with van der Waals surface area (Å²) in [4.78, 5) is 5.18. The Hall–Kier alpha value is -1.30. The molecule has 0 atom stereocenters. The Labute approximate surface area is 72.9 Å². The highest BCUT2D eigenvalue weighted by Crippen LogP contribution is 2.21. The summed E-state index contributed by atoms with van der Waals surface area (Å²) in [6, 6.07) is 0. The molecule has 0 amide bonds. The van der Waals surface area contributed by atoms with Crippen LogP contribution in [0.5, 0.6) is 0 Å². The quantitative estimate of drug-likeness (QED) is 0.747. The van der Waals surface area contributed by atoms with Gasteiger partial charge in [0.05, 0.1) is 9.88 Å². The lowest BCUT2D eigenvalue weighted by Gasteiger charge is -1.82. The highest BCUT2D eigenvalue weighted by atomic mass is 32.1. The van der Waals surface area contributed by atoms with Crippen LogP contribution in [0.1, 0.15) is 11.9 Å². The van der Waals surface area contributed by atoms with Gasteiger partial charge in [-0.2, -0.15) is 0 Å². The second kappa shape index (κ2) is 2.98. The van der Waals surface area contributed by atoms with Crippen LogP contribution in [0.2, 0.25) is 0 Å². The van der Waals surface area contributed by atoms with Gasteiger partial charge in [0, 0.05) is 6.20 Å². The van der Waals surface area contributed by atoms with Crippen molar-refractivity contribution in [2.75, 3.05) is 0 Å². The Morgan fingerprint density at radius 2 is 2.50 bits per heavy atom. The predicted molar refractivity (Wildman–Crippen MR) is 44.7 cm³/mol. The van der Waals surface area contributed by atoms with Crippen LogP contribution in [0.4, 0.5) is 0 Å². The summed E-state index contributed by atoms with van der Waals surface area (Å²) in [7, 11) is 0. The lowest BCUT2D eigenvalue weighted by atomic mass is 10.5. The van der Waals surface area contributed by atoms with Crippen molar-refractivity contribution in [2.45, 2.75) is 13.3 Å². The van der Waals surface area contributed by atoms with Crippen LogP contribution in [0.25, 0.3) is 10.7 Å². The van der Waals surface area contributed by atoms with Crippen molar-refractivity contribution in [3.05, 3.63) is 11.2 Å². The molecule has 0 fully saturated rings. The Morgan fingerprint density at radius 1 is 1.58 bits per heavy atom. The van der Waals surface area contributed by atoms with Gasteiger partial charge in [-0.05, 0) is 16.8 Å². The molecule has 2 aromatic heterocycles. The van der Waals surface area contributed by atoms with E-state index < -0.39 is 0 Å². The predicted octanol–water partition coefficient (Wildman–Crippen LogP) is 0.886. The molecule has 0 bridgehead atoms. The number of aryl methyl sites for hydroxylation is 1. The minimum absolute atomic E-state index is 0.687. The van der Waals surface area contributed by atoms with Gasteiger partial charge in [0.2, 0.25) is 0 Å². The Balaban J connectivity index is 2.35. The summed E-state index contributed by atoms with van der Waals surface area (Å²) in [5, 5.41) is 14.6. The molecule has 0 aromatic carbocycles. The first-order valence-electron chi connectivity index (χ1n) is 3.59. The molecule has 0 aliphatic heterocycles. The number of nitrogens with one attached hydrogen (secondary N) is 1. The third-order valence-corrected chi connectivity index (χ3v) is 2.58. The number of hydrogen-bond acceptors (Lipinski definition) is 5. The zero-order valence-electron chi connectivity index (χ0n) is 6.48. The molecular formula is C6H7N5S. The topological polar surface area (TPSA) is 67.3 Å². The number of hydrogen-bond donors (Lipinski definition) is 1. The fraction of sp³-hybridized carbons (Fsp3) is 0.333. The molecule has 5 nitrogen and oxygen atoms in total. The van der Waals surface area contributed by atoms with E-state index >= 15 is 0 Å². The zero-order valence-corrected chi connectivity index (χ0v) is 7.30. The van der Waals surface area contributed by atoms with Crippen molar-refractivity contribution >= 4 is 11.3 Å². The first-order valence-corrected chi connectivity index (χ1v) is 4.40. The Bertz CT molecular complexity index is 352.